The first-order chi connectivity index (χ1) is 14.0. The van der Waals surface area contributed by atoms with Crippen molar-refractivity contribution in [2.24, 2.45) is 11.8 Å². The molecule has 4 nitrogen and oxygen atoms in total. The third-order valence-corrected chi connectivity index (χ3v) is 7.51. The summed E-state index contributed by atoms with van der Waals surface area (Å²) in [7, 11) is 0. The maximum atomic E-state index is 13.0. The fourth-order valence-corrected chi connectivity index (χ4v) is 6.04. The van der Waals surface area contributed by atoms with Gasteiger partial charge < -0.3 is 0 Å². The Labute approximate surface area is 179 Å². The van der Waals surface area contributed by atoms with E-state index in [1.54, 1.807) is 0 Å². The van der Waals surface area contributed by atoms with Crippen LogP contribution in [-0.4, -0.2) is 44.5 Å². The Morgan fingerprint density at radius 1 is 1.10 bits per heavy atom. The van der Waals surface area contributed by atoms with E-state index < -0.39 is 6.09 Å². The van der Waals surface area contributed by atoms with Crippen molar-refractivity contribution >= 4 is 31.4 Å². The van der Waals surface area contributed by atoms with E-state index in [1.807, 2.05) is 43.3 Å². The third kappa shape index (κ3) is 6.19. The minimum absolute atomic E-state index is 0.103. The summed E-state index contributed by atoms with van der Waals surface area (Å²) in [6.45, 7) is 4.42. The van der Waals surface area contributed by atoms with Gasteiger partial charge in [0.15, 0.2) is 0 Å². The van der Waals surface area contributed by atoms with Crippen molar-refractivity contribution in [1.29, 1.82) is 0 Å². The van der Waals surface area contributed by atoms with Crippen molar-refractivity contribution in [3.05, 3.63) is 66.2 Å². The van der Waals surface area contributed by atoms with Crippen molar-refractivity contribution in [3.8, 4) is 0 Å². The van der Waals surface area contributed by atoms with Gasteiger partial charge in [-0.3, -0.25) is 0 Å². The normalized spacial score (nSPS) is 18.3. The van der Waals surface area contributed by atoms with E-state index >= 15 is 0 Å². The van der Waals surface area contributed by atoms with Crippen LogP contribution in [0, 0.1) is 11.8 Å². The monoisotopic (exact) mass is 459 g/mol. The van der Waals surface area contributed by atoms with E-state index in [0.717, 1.165) is 18.4 Å². The van der Waals surface area contributed by atoms with Crippen LogP contribution in [0.3, 0.4) is 0 Å². The van der Waals surface area contributed by atoms with Gasteiger partial charge in [-0.05, 0) is 0 Å². The minimum atomic E-state index is -0.497. The summed E-state index contributed by atoms with van der Waals surface area (Å²) in [4.78, 5) is 26.6. The molecule has 0 aromatic heterocycles. The van der Waals surface area contributed by atoms with Gasteiger partial charge in [0.2, 0.25) is 0 Å². The van der Waals surface area contributed by atoms with Gasteiger partial charge in [-0.15, -0.1) is 0 Å². The number of hydrogen-bond donors (Lipinski definition) is 0. The summed E-state index contributed by atoms with van der Waals surface area (Å²) >= 11 is 0.475. The molecule has 3 rings (SSSR count). The van der Waals surface area contributed by atoms with Gasteiger partial charge in [0, 0.05) is 0 Å². The van der Waals surface area contributed by atoms with Crippen LogP contribution in [0.4, 0.5) is 4.79 Å². The molecule has 0 saturated carbocycles. The number of carbonyl (C=O) groups excluding carboxylic acids is 2. The molecular weight excluding hydrogens is 429 g/mol. The van der Waals surface area contributed by atoms with Gasteiger partial charge in [-0.1, -0.05) is 6.07 Å². The second-order valence-corrected chi connectivity index (χ2v) is 10.3. The zero-order valence-electron chi connectivity index (χ0n) is 17.1. The number of ether oxygens (including phenoxy) is 1. The average molecular weight is 458 g/mol. The molecule has 0 radical (unpaired) electrons. The second kappa shape index (κ2) is 10.6. The van der Waals surface area contributed by atoms with Gasteiger partial charge in [0.1, 0.15) is 0 Å². The molecule has 1 aliphatic rings. The summed E-state index contributed by atoms with van der Waals surface area (Å²) < 4.78 is 6.63. The standard InChI is InChI=1S/C24H29NO3Se/c1-18(13-14-29-22-11-7-4-8-12-22)15-19(2)23(26)25-21(17-28-24(25)27)16-20-9-5-3-6-10-20/h3-12,18-19,21H,13-17H2,1-2H3/t18-,19+,21-/m1/s1. The van der Waals surface area contributed by atoms with Crippen LogP contribution in [0.1, 0.15) is 32.3 Å². The van der Waals surface area contributed by atoms with E-state index in [0.29, 0.717) is 27.3 Å². The molecule has 3 atom stereocenters. The molecule has 1 fully saturated rings. The number of imide groups is 1. The predicted molar refractivity (Wildman–Crippen MR) is 116 cm³/mol. The number of carbonyl (C=O) groups is 2. The Morgan fingerprint density at radius 3 is 2.45 bits per heavy atom. The first kappa shape index (κ1) is 21.6. The van der Waals surface area contributed by atoms with Gasteiger partial charge in [0.25, 0.3) is 0 Å². The fourth-order valence-electron chi connectivity index (χ4n) is 3.72. The molecule has 0 unspecified atom stereocenters. The number of rotatable bonds is 9. The van der Waals surface area contributed by atoms with Gasteiger partial charge >= 0.3 is 174 Å². The Kier molecular flexibility index (Phi) is 7.91. The van der Waals surface area contributed by atoms with Crippen LogP contribution in [0.2, 0.25) is 5.32 Å². The first-order valence-corrected chi connectivity index (χ1v) is 12.3. The molecule has 5 heteroatoms. The Morgan fingerprint density at radius 2 is 1.76 bits per heavy atom. The Hall–Kier alpha value is -2.10. The summed E-state index contributed by atoms with van der Waals surface area (Å²) in [5.41, 5.74) is 1.11. The van der Waals surface area contributed by atoms with Gasteiger partial charge in [-0.25, -0.2) is 0 Å². The topological polar surface area (TPSA) is 46.6 Å². The zero-order chi connectivity index (χ0) is 20.6. The van der Waals surface area contributed by atoms with E-state index in [9.17, 15) is 9.59 Å². The average Bonchev–Trinajstić information content (AvgIpc) is 3.09. The van der Waals surface area contributed by atoms with Crippen molar-refractivity contribution in [2.75, 3.05) is 6.61 Å². The van der Waals surface area contributed by atoms with Crippen molar-refractivity contribution < 1.29 is 14.3 Å². The van der Waals surface area contributed by atoms with Crippen molar-refractivity contribution in [2.45, 2.75) is 44.5 Å². The molecule has 2 aromatic rings. The van der Waals surface area contributed by atoms with E-state index in [1.165, 1.54) is 14.7 Å². The summed E-state index contributed by atoms with van der Waals surface area (Å²) in [5, 5.41) is 1.17. The van der Waals surface area contributed by atoms with Crippen LogP contribution in [0.15, 0.2) is 60.7 Å². The molecule has 1 heterocycles. The number of amides is 2. The van der Waals surface area contributed by atoms with E-state index in [2.05, 4.69) is 31.2 Å². The molecule has 0 aliphatic carbocycles. The Bertz CT molecular complexity index is 796. The first-order valence-electron chi connectivity index (χ1n) is 10.3. The maximum absolute atomic E-state index is 13.0. The number of cyclic esters (lactones) is 1. The molecule has 0 bridgehead atoms. The van der Waals surface area contributed by atoms with Crippen LogP contribution in [0.25, 0.3) is 0 Å². The molecule has 1 aliphatic heterocycles. The van der Waals surface area contributed by atoms with Crippen molar-refractivity contribution in [3.63, 3.8) is 0 Å². The van der Waals surface area contributed by atoms with Crippen molar-refractivity contribution in [1.82, 2.24) is 4.90 Å². The number of hydrogen-bond acceptors (Lipinski definition) is 3. The molecule has 154 valence electrons. The molecule has 2 aromatic carbocycles. The van der Waals surface area contributed by atoms with Crippen LogP contribution in [0.5, 0.6) is 0 Å². The van der Waals surface area contributed by atoms with Crippen LogP contribution in [-0.2, 0) is 16.0 Å². The second-order valence-electron chi connectivity index (χ2n) is 7.82. The van der Waals surface area contributed by atoms with Crippen LogP contribution < -0.4 is 4.46 Å². The predicted octanol–water partition coefficient (Wildman–Crippen LogP) is 4.08. The summed E-state index contributed by atoms with van der Waals surface area (Å²) in [6, 6.07) is 20.3. The molecule has 2 amide bonds. The van der Waals surface area contributed by atoms with E-state index in [4.69, 9.17) is 4.74 Å². The SMILES string of the molecule is C[C@H](CC[Se]c1ccccc1)C[C@H](C)C(=O)N1C(=O)OC[C@H]1Cc1ccccc1. The van der Waals surface area contributed by atoms with Crippen LogP contribution >= 0.6 is 0 Å². The molecular formula is C24H29NO3Se. The van der Waals surface area contributed by atoms with Gasteiger partial charge in [0.05, 0.1) is 0 Å². The molecule has 29 heavy (non-hydrogen) atoms. The number of nitrogens with zero attached hydrogens (tertiary/aromatic N) is 1. The molecule has 0 spiro atoms. The molecule has 1 saturated heterocycles. The van der Waals surface area contributed by atoms with E-state index in [-0.39, 0.29) is 24.5 Å². The fraction of sp³-hybridized carbons (Fsp3) is 0.417. The van der Waals surface area contributed by atoms with Gasteiger partial charge in [-0.2, -0.15) is 0 Å². The third-order valence-electron chi connectivity index (χ3n) is 5.31. The zero-order valence-corrected chi connectivity index (χ0v) is 18.8. The Balaban J connectivity index is 1.50. The number of benzene rings is 2. The quantitative estimate of drug-likeness (QED) is 0.532. The summed E-state index contributed by atoms with van der Waals surface area (Å²) in [5.74, 6) is 0.165. The summed E-state index contributed by atoms with van der Waals surface area (Å²) in [6.07, 6.45) is 2.04. The molecule has 0 N–H and O–H groups in total.